The van der Waals surface area contributed by atoms with Gasteiger partial charge in [-0.3, -0.25) is 0 Å². The molecule has 0 bridgehead atoms. The summed E-state index contributed by atoms with van der Waals surface area (Å²) in [4.78, 5) is 10.9. The predicted octanol–water partition coefficient (Wildman–Crippen LogP) is 2.14. The molecular weight excluding hydrogens is 255 g/mol. The Morgan fingerprint density at radius 1 is 1.57 bits per heavy atom. The number of hydrogen-bond donors (Lipinski definition) is 0. The fourth-order valence-corrected chi connectivity index (χ4v) is 1.07. The highest BCUT2D eigenvalue weighted by molar-refractivity contribution is 9.10. The zero-order valence-electron chi connectivity index (χ0n) is 7.42. The van der Waals surface area contributed by atoms with Crippen LogP contribution < -0.4 is 4.74 Å². The maximum atomic E-state index is 12.9. The fraction of sp³-hybridized carbons (Fsp3) is 0.222. The molecule has 0 unspecified atom stereocenters. The van der Waals surface area contributed by atoms with Gasteiger partial charge in [0.05, 0.1) is 4.47 Å². The van der Waals surface area contributed by atoms with Gasteiger partial charge >= 0.3 is 5.97 Å². The van der Waals surface area contributed by atoms with Crippen molar-refractivity contribution in [2.24, 2.45) is 0 Å². The molecule has 14 heavy (non-hydrogen) atoms. The van der Waals surface area contributed by atoms with Crippen molar-refractivity contribution >= 4 is 21.9 Å². The van der Waals surface area contributed by atoms with Gasteiger partial charge in [0.1, 0.15) is 18.2 Å². The zero-order valence-corrected chi connectivity index (χ0v) is 9.01. The van der Waals surface area contributed by atoms with Crippen molar-refractivity contribution in [2.45, 2.75) is 0 Å². The third-order valence-corrected chi connectivity index (χ3v) is 2.03. The summed E-state index contributed by atoms with van der Waals surface area (Å²) < 4.78 is 22.6. The Hall–Kier alpha value is -0.940. The highest BCUT2D eigenvalue weighted by Crippen LogP contribution is 2.20. The molecule has 0 aliphatic carbocycles. The van der Waals surface area contributed by atoms with Crippen LogP contribution in [-0.2, 0) is 9.53 Å². The Labute approximate surface area is 88.9 Å². The second-order valence-electron chi connectivity index (χ2n) is 2.48. The number of methoxy groups -OCH3 is 1. The van der Waals surface area contributed by atoms with Crippen LogP contribution in [0.1, 0.15) is 0 Å². The number of benzene rings is 1. The van der Waals surface area contributed by atoms with Gasteiger partial charge in [-0.1, -0.05) is 0 Å². The van der Waals surface area contributed by atoms with E-state index in [1.165, 1.54) is 19.2 Å². The Morgan fingerprint density at radius 3 is 2.86 bits per heavy atom. The number of esters is 1. The number of hydrogen-bond acceptors (Lipinski definition) is 3. The van der Waals surface area contributed by atoms with Gasteiger partial charge in [-0.25, -0.2) is 9.18 Å². The van der Waals surface area contributed by atoms with E-state index in [1.807, 2.05) is 0 Å². The first-order chi connectivity index (χ1) is 6.63. The minimum Gasteiger partial charge on any atom is -0.425 e. The number of rotatable bonds is 3. The Kier molecular flexibility index (Phi) is 4.03. The minimum atomic E-state index is -0.561. The van der Waals surface area contributed by atoms with Crippen LogP contribution in [0.25, 0.3) is 0 Å². The van der Waals surface area contributed by atoms with E-state index >= 15 is 0 Å². The third-order valence-electron chi connectivity index (χ3n) is 1.38. The van der Waals surface area contributed by atoms with Gasteiger partial charge in [0.15, 0.2) is 0 Å². The summed E-state index contributed by atoms with van der Waals surface area (Å²) in [7, 11) is 1.38. The van der Waals surface area contributed by atoms with Gasteiger partial charge in [-0.2, -0.15) is 0 Å². The summed E-state index contributed by atoms with van der Waals surface area (Å²) in [6, 6.07) is 4.07. The third kappa shape index (κ3) is 3.08. The summed E-state index contributed by atoms with van der Waals surface area (Å²) in [6.45, 7) is -0.155. The van der Waals surface area contributed by atoms with Crippen molar-refractivity contribution in [3.8, 4) is 5.75 Å². The van der Waals surface area contributed by atoms with E-state index in [2.05, 4.69) is 20.7 Å². The monoisotopic (exact) mass is 262 g/mol. The van der Waals surface area contributed by atoms with Crippen LogP contribution >= 0.6 is 15.9 Å². The van der Waals surface area contributed by atoms with Crippen LogP contribution in [0.15, 0.2) is 22.7 Å². The van der Waals surface area contributed by atoms with E-state index in [-0.39, 0.29) is 12.4 Å². The van der Waals surface area contributed by atoms with Crippen LogP contribution in [0.4, 0.5) is 4.39 Å². The van der Waals surface area contributed by atoms with Crippen LogP contribution in [0, 0.1) is 5.82 Å². The van der Waals surface area contributed by atoms with E-state index in [9.17, 15) is 9.18 Å². The fourth-order valence-electron chi connectivity index (χ4n) is 0.819. The second-order valence-corrected chi connectivity index (χ2v) is 3.34. The molecule has 1 aromatic rings. The molecule has 0 aliphatic rings. The van der Waals surface area contributed by atoms with Crippen molar-refractivity contribution in [3.05, 3.63) is 28.5 Å². The van der Waals surface area contributed by atoms with E-state index in [1.54, 1.807) is 0 Å². The van der Waals surface area contributed by atoms with Crippen LogP contribution in [0.2, 0.25) is 0 Å². The average Bonchev–Trinajstić information content (AvgIpc) is 2.12. The lowest BCUT2D eigenvalue weighted by molar-refractivity contribution is -0.138. The standard InChI is InChI=1S/C9H8BrFO3/c1-13-5-9(12)14-6-2-3-7(10)8(11)4-6/h2-4H,5H2,1H3. The van der Waals surface area contributed by atoms with E-state index in [0.717, 1.165) is 6.07 Å². The first-order valence-electron chi connectivity index (χ1n) is 3.78. The summed E-state index contributed by atoms with van der Waals surface area (Å²) >= 11 is 2.99. The molecule has 76 valence electrons. The lowest BCUT2D eigenvalue weighted by Crippen LogP contribution is -2.14. The molecule has 1 aromatic carbocycles. The summed E-state index contributed by atoms with van der Waals surface area (Å²) in [5.74, 6) is -0.880. The first kappa shape index (κ1) is 11.1. The molecule has 0 N–H and O–H groups in total. The SMILES string of the molecule is COCC(=O)Oc1ccc(Br)c(F)c1. The molecule has 0 spiro atoms. The largest absolute Gasteiger partial charge is 0.425 e. The Morgan fingerprint density at radius 2 is 2.29 bits per heavy atom. The highest BCUT2D eigenvalue weighted by Gasteiger charge is 2.06. The normalized spacial score (nSPS) is 9.93. The van der Waals surface area contributed by atoms with Crippen molar-refractivity contribution in [2.75, 3.05) is 13.7 Å². The smallest absolute Gasteiger partial charge is 0.337 e. The quantitative estimate of drug-likeness (QED) is 0.619. The summed E-state index contributed by atoms with van der Waals surface area (Å²) in [6.07, 6.45) is 0. The maximum absolute atomic E-state index is 12.9. The molecule has 0 fully saturated rings. The molecule has 0 aliphatic heterocycles. The molecule has 0 radical (unpaired) electrons. The lowest BCUT2D eigenvalue weighted by Gasteiger charge is -2.03. The zero-order chi connectivity index (χ0) is 10.6. The van der Waals surface area contributed by atoms with Crippen molar-refractivity contribution in [3.63, 3.8) is 0 Å². The number of carbonyl (C=O) groups is 1. The van der Waals surface area contributed by atoms with E-state index in [0.29, 0.717) is 4.47 Å². The minimum absolute atomic E-state index is 0.155. The second kappa shape index (κ2) is 5.07. The van der Waals surface area contributed by atoms with Crippen LogP contribution in [0.3, 0.4) is 0 Å². The van der Waals surface area contributed by atoms with Crippen molar-refractivity contribution in [1.82, 2.24) is 0 Å². The molecule has 0 amide bonds. The van der Waals surface area contributed by atoms with Gasteiger partial charge in [0.2, 0.25) is 0 Å². The maximum Gasteiger partial charge on any atom is 0.337 e. The van der Waals surface area contributed by atoms with Gasteiger partial charge < -0.3 is 9.47 Å². The Balaban J connectivity index is 2.68. The molecule has 0 saturated carbocycles. The van der Waals surface area contributed by atoms with Crippen molar-refractivity contribution in [1.29, 1.82) is 0 Å². The highest BCUT2D eigenvalue weighted by atomic mass is 79.9. The molecule has 0 atom stereocenters. The molecule has 0 heterocycles. The van der Waals surface area contributed by atoms with Gasteiger partial charge in [0, 0.05) is 13.2 Å². The molecular formula is C9H8BrFO3. The first-order valence-corrected chi connectivity index (χ1v) is 4.57. The summed E-state index contributed by atoms with van der Waals surface area (Å²) in [5.41, 5.74) is 0. The molecule has 3 nitrogen and oxygen atoms in total. The Bertz CT molecular complexity index is 341. The number of carbonyl (C=O) groups excluding carboxylic acids is 1. The lowest BCUT2D eigenvalue weighted by atomic mass is 10.3. The topological polar surface area (TPSA) is 35.5 Å². The molecule has 0 saturated heterocycles. The van der Waals surface area contributed by atoms with Crippen LogP contribution in [0.5, 0.6) is 5.75 Å². The van der Waals surface area contributed by atoms with Gasteiger partial charge in [-0.15, -0.1) is 0 Å². The predicted molar refractivity (Wildman–Crippen MR) is 51.6 cm³/mol. The molecule has 0 aromatic heterocycles. The number of ether oxygens (including phenoxy) is 2. The van der Waals surface area contributed by atoms with E-state index in [4.69, 9.17) is 4.74 Å². The van der Waals surface area contributed by atoms with Gasteiger partial charge in [0.25, 0.3) is 0 Å². The summed E-state index contributed by atoms with van der Waals surface area (Å²) in [5, 5.41) is 0. The van der Waals surface area contributed by atoms with Gasteiger partial charge in [-0.05, 0) is 28.1 Å². The molecule has 1 rings (SSSR count). The average molecular weight is 263 g/mol. The molecule has 5 heteroatoms. The van der Waals surface area contributed by atoms with Crippen LogP contribution in [-0.4, -0.2) is 19.7 Å². The van der Waals surface area contributed by atoms with E-state index < -0.39 is 11.8 Å². The van der Waals surface area contributed by atoms with Crippen molar-refractivity contribution < 1.29 is 18.7 Å². The number of halogens is 2.